The van der Waals surface area contributed by atoms with Gasteiger partial charge in [-0.2, -0.15) is 0 Å². The molecule has 0 N–H and O–H groups in total. The van der Waals surface area contributed by atoms with Gasteiger partial charge in [0.05, 0.1) is 4.92 Å². The lowest BCUT2D eigenvalue weighted by Crippen LogP contribution is -2.15. The monoisotopic (exact) mass is 347 g/mol. The molecule has 0 radical (unpaired) electrons. The van der Waals surface area contributed by atoms with Crippen LogP contribution in [0.15, 0.2) is 66.0 Å². The van der Waals surface area contributed by atoms with Crippen molar-refractivity contribution in [3.05, 3.63) is 97.7 Å². The third-order valence-electron chi connectivity index (χ3n) is 4.88. The Morgan fingerprint density at radius 2 is 1.68 bits per heavy atom. The maximum atomic E-state index is 11.0. The Morgan fingerprint density at radius 3 is 2.32 bits per heavy atom. The van der Waals surface area contributed by atoms with E-state index in [-0.39, 0.29) is 16.0 Å². The van der Waals surface area contributed by atoms with Gasteiger partial charge < -0.3 is 0 Å². The van der Waals surface area contributed by atoms with E-state index in [1.165, 1.54) is 27.2 Å². The van der Waals surface area contributed by atoms with Crippen LogP contribution >= 0.6 is 11.3 Å². The van der Waals surface area contributed by atoms with Crippen molar-refractivity contribution in [2.75, 3.05) is 0 Å². The van der Waals surface area contributed by atoms with Gasteiger partial charge in [-0.15, -0.1) is 11.3 Å². The first-order valence-electron chi connectivity index (χ1n) is 8.13. The number of hydrogen-bond acceptors (Lipinski definition) is 3. The molecular formula is C21H17NO2S. The van der Waals surface area contributed by atoms with E-state index in [2.05, 4.69) is 55.6 Å². The lowest BCUT2D eigenvalue weighted by molar-refractivity contribution is -0.384. The van der Waals surface area contributed by atoms with Gasteiger partial charge in [-0.1, -0.05) is 44.2 Å². The van der Waals surface area contributed by atoms with Crippen LogP contribution < -0.4 is 0 Å². The molecule has 4 rings (SSSR count). The minimum Gasteiger partial charge on any atom is -0.258 e. The Labute approximate surface area is 150 Å². The molecular weight excluding hydrogens is 330 g/mol. The maximum absolute atomic E-state index is 11.0. The van der Waals surface area contributed by atoms with Crippen molar-refractivity contribution in [3.63, 3.8) is 0 Å². The van der Waals surface area contributed by atoms with E-state index in [0.717, 1.165) is 5.56 Å². The van der Waals surface area contributed by atoms with E-state index < -0.39 is 0 Å². The average molecular weight is 347 g/mol. The highest BCUT2D eigenvalue weighted by Crippen LogP contribution is 2.53. The van der Waals surface area contributed by atoms with Gasteiger partial charge in [-0.3, -0.25) is 10.1 Å². The second kappa shape index (κ2) is 5.67. The predicted molar refractivity (Wildman–Crippen MR) is 103 cm³/mol. The Morgan fingerprint density at radius 1 is 0.960 bits per heavy atom. The van der Waals surface area contributed by atoms with Crippen LogP contribution in [-0.2, 0) is 5.41 Å². The summed E-state index contributed by atoms with van der Waals surface area (Å²) >= 11 is 1.73. The van der Waals surface area contributed by atoms with Crippen molar-refractivity contribution in [1.82, 2.24) is 0 Å². The molecule has 0 spiro atoms. The van der Waals surface area contributed by atoms with Crippen LogP contribution in [-0.4, -0.2) is 4.92 Å². The summed E-state index contributed by atoms with van der Waals surface area (Å²) < 4.78 is 0. The molecule has 25 heavy (non-hydrogen) atoms. The predicted octanol–water partition coefficient (Wildman–Crippen LogP) is 5.91. The smallest absolute Gasteiger partial charge is 0.258 e. The molecule has 1 aliphatic carbocycles. The summed E-state index contributed by atoms with van der Waals surface area (Å²) in [5, 5.41) is 13.1. The number of allylic oxidation sites excluding steroid dienone is 1. The van der Waals surface area contributed by atoms with Crippen molar-refractivity contribution in [3.8, 4) is 0 Å². The van der Waals surface area contributed by atoms with Crippen LogP contribution in [0.1, 0.15) is 35.4 Å². The van der Waals surface area contributed by atoms with E-state index in [4.69, 9.17) is 0 Å². The Hall–Kier alpha value is -2.72. The highest BCUT2D eigenvalue weighted by molar-refractivity contribution is 7.11. The van der Waals surface area contributed by atoms with Gasteiger partial charge in [0.15, 0.2) is 0 Å². The highest BCUT2D eigenvalue weighted by atomic mass is 32.1. The fourth-order valence-electron chi connectivity index (χ4n) is 3.73. The summed E-state index contributed by atoms with van der Waals surface area (Å²) in [6, 6.07) is 19.6. The van der Waals surface area contributed by atoms with Gasteiger partial charge in [-0.05, 0) is 51.4 Å². The normalized spacial score (nSPS) is 15.3. The number of hydrogen-bond donors (Lipinski definition) is 0. The molecule has 0 bridgehead atoms. The van der Waals surface area contributed by atoms with Gasteiger partial charge in [0, 0.05) is 22.4 Å². The van der Waals surface area contributed by atoms with Crippen LogP contribution in [0.4, 0.5) is 5.69 Å². The van der Waals surface area contributed by atoms with Crippen molar-refractivity contribution in [1.29, 1.82) is 0 Å². The molecule has 0 atom stereocenters. The summed E-state index contributed by atoms with van der Waals surface area (Å²) in [5.41, 5.74) is 6.00. The molecule has 0 fully saturated rings. The number of nitro groups is 1. The summed E-state index contributed by atoms with van der Waals surface area (Å²) in [7, 11) is 0. The number of thiophene rings is 1. The molecule has 124 valence electrons. The number of benzene rings is 2. The molecule has 0 saturated heterocycles. The fourth-order valence-corrected chi connectivity index (χ4v) is 4.67. The van der Waals surface area contributed by atoms with Crippen molar-refractivity contribution < 1.29 is 4.92 Å². The van der Waals surface area contributed by atoms with Gasteiger partial charge >= 0.3 is 0 Å². The molecule has 3 nitrogen and oxygen atoms in total. The molecule has 1 aromatic heterocycles. The summed E-state index contributed by atoms with van der Waals surface area (Å²) in [4.78, 5) is 11.9. The minimum absolute atomic E-state index is 0.113. The second-order valence-corrected chi connectivity index (χ2v) is 7.65. The quantitative estimate of drug-likeness (QED) is 0.437. The first kappa shape index (κ1) is 15.8. The van der Waals surface area contributed by atoms with Gasteiger partial charge in [0.25, 0.3) is 5.69 Å². The number of non-ortho nitro benzene ring substituents is 1. The molecule has 4 heteroatoms. The Bertz CT molecular complexity index is 983. The summed E-state index contributed by atoms with van der Waals surface area (Å²) in [6.45, 7) is 4.50. The van der Waals surface area contributed by atoms with Crippen LogP contribution in [0, 0.1) is 10.1 Å². The summed E-state index contributed by atoms with van der Waals surface area (Å²) in [5.74, 6) is 0. The third-order valence-corrected chi connectivity index (χ3v) is 5.77. The lowest BCUT2D eigenvalue weighted by atomic mass is 9.80. The maximum Gasteiger partial charge on any atom is 0.269 e. The van der Waals surface area contributed by atoms with Gasteiger partial charge in [0.1, 0.15) is 0 Å². The van der Waals surface area contributed by atoms with Crippen LogP contribution in [0.3, 0.4) is 0 Å². The van der Waals surface area contributed by atoms with E-state index >= 15 is 0 Å². The SMILES string of the molecule is CC1(C)C(c2cccs2)=C(c2ccc([N+](=O)[O-])cc2)c2ccccc21. The molecule has 1 heterocycles. The second-order valence-electron chi connectivity index (χ2n) is 6.70. The van der Waals surface area contributed by atoms with Crippen LogP contribution in [0.2, 0.25) is 0 Å². The lowest BCUT2D eigenvalue weighted by Gasteiger charge is -2.24. The van der Waals surface area contributed by atoms with E-state index in [1.54, 1.807) is 23.5 Å². The van der Waals surface area contributed by atoms with Gasteiger partial charge in [0.2, 0.25) is 0 Å². The third kappa shape index (κ3) is 2.41. The van der Waals surface area contributed by atoms with Crippen LogP contribution in [0.25, 0.3) is 11.1 Å². The first-order chi connectivity index (χ1) is 12.0. The number of nitrogens with zero attached hydrogens (tertiary/aromatic N) is 1. The number of nitro benzene ring substituents is 1. The topological polar surface area (TPSA) is 43.1 Å². The van der Waals surface area contributed by atoms with Crippen molar-refractivity contribution in [2.45, 2.75) is 19.3 Å². The van der Waals surface area contributed by atoms with Crippen molar-refractivity contribution >= 4 is 28.2 Å². The van der Waals surface area contributed by atoms with E-state index in [1.807, 2.05) is 12.1 Å². The molecule has 0 saturated carbocycles. The summed E-state index contributed by atoms with van der Waals surface area (Å²) in [6.07, 6.45) is 0. The molecule has 1 aliphatic rings. The minimum atomic E-state index is -0.356. The first-order valence-corrected chi connectivity index (χ1v) is 9.01. The molecule has 3 aromatic rings. The van der Waals surface area contributed by atoms with Gasteiger partial charge in [-0.25, -0.2) is 0 Å². The van der Waals surface area contributed by atoms with Crippen molar-refractivity contribution in [2.24, 2.45) is 0 Å². The standard InChI is InChI=1S/C21H17NO2S/c1-21(2)17-7-4-3-6-16(17)19(20(21)18-8-5-13-25-18)14-9-11-15(12-10-14)22(23)24/h3-13H,1-2H3. The van der Waals surface area contributed by atoms with E-state index in [9.17, 15) is 10.1 Å². The molecule has 2 aromatic carbocycles. The average Bonchev–Trinajstić information content (AvgIpc) is 3.20. The Kier molecular flexibility index (Phi) is 3.58. The van der Waals surface area contributed by atoms with E-state index in [0.29, 0.717) is 0 Å². The number of rotatable bonds is 3. The molecule has 0 unspecified atom stereocenters. The highest BCUT2D eigenvalue weighted by Gasteiger charge is 2.39. The zero-order valence-corrected chi connectivity index (χ0v) is 14.8. The number of fused-ring (bicyclic) bond motifs is 1. The molecule has 0 amide bonds. The van der Waals surface area contributed by atoms with Crippen LogP contribution in [0.5, 0.6) is 0 Å². The fraction of sp³-hybridized carbons (Fsp3) is 0.143. The Balaban J connectivity index is 2.00. The zero-order chi connectivity index (χ0) is 17.6. The largest absolute Gasteiger partial charge is 0.269 e. The molecule has 0 aliphatic heterocycles. The zero-order valence-electron chi connectivity index (χ0n) is 14.0.